The lowest BCUT2D eigenvalue weighted by atomic mass is 10.2. The zero-order chi connectivity index (χ0) is 19.8. The van der Waals surface area contributed by atoms with Gasteiger partial charge < -0.3 is 19.4 Å². The summed E-state index contributed by atoms with van der Waals surface area (Å²) in [6, 6.07) is 18.5. The Balaban J connectivity index is 1.40. The van der Waals surface area contributed by atoms with Crippen molar-refractivity contribution in [3.05, 3.63) is 84.2 Å². The first-order valence-electron chi connectivity index (χ1n) is 8.98. The van der Waals surface area contributed by atoms with Crippen molar-refractivity contribution in [1.29, 1.82) is 0 Å². The Hall–Kier alpha value is -3.54. The lowest BCUT2D eigenvalue weighted by Gasteiger charge is -2.09. The third-order valence-electron chi connectivity index (χ3n) is 4.00. The number of benzene rings is 2. The van der Waals surface area contributed by atoms with Crippen molar-refractivity contribution in [3.63, 3.8) is 0 Å². The van der Waals surface area contributed by atoms with Crippen LogP contribution in [0, 0.1) is 6.92 Å². The monoisotopic (exact) mass is 378 g/mol. The number of rotatable bonds is 8. The maximum atomic E-state index is 12.2. The van der Waals surface area contributed by atoms with Crippen molar-refractivity contribution in [2.24, 2.45) is 0 Å². The van der Waals surface area contributed by atoms with E-state index in [0.29, 0.717) is 18.7 Å². The van der Waals surface area contributed by atoms with Crippen molar-refractivity contribution in [2.45, 2.75) is 6.92 Å². The summed E-state index contributed by atoms with van der Waals surface area (Å²) in [6.07, 6.45) is 3.77. The van der Waals surface area contributed by atoms with E-state index in [-0.39, 0.29) is 12.5 Å². The Kier molecular flexibility index (Phi) is 6.46. The Morgan fingerprint density at radius 3 is 2.57 bits per heavy atom. The van der Waals surface area contributed by atoms with E-state index in [1.54, 1.807) is 18.2 Å². The average Bonchev–Trinajstić information content (AvgIpc) is 3.24. The third-order valence-corrected chi connectivity index (χ3v) is 4.00. The fourth-order valence-electron chi connectivity index (χ4n) is 2.63. The minimum atomic E-state index is -0.542. The van der Waals surface area contributed by atoms with Crippen LogP contribution < -0.4 is 10.1 Å². The van der Waals surface area contributed by atoms with Crippen LogP contribution in [0.5, 0.6) is 5.75 Å². The molecule has 6 heteroatoms. The zero-order valence-electron chi connectivity index (χ0n) is 15.6. The smallest absolute Gasteiger partial charge is 0.338 e. The van der Waals surface area contributed by atoms with Gasteiger partial charge in [0, 0.05) is 18.1 Å². The topological polar surface area (TPSA) is 69.6 Å². The summed E-state index contributed by atoms with van der Waals surface area (Å²) in [4.78, 5) is 24.0. The summed E-state index contributed by atoms with van der Waals surface area (Å²) in [5, 5.41) is 2.66. The van der Waals surface area contributed by atoms with Crippen LogP contribution in [0.4, 0.5) is 0 Å². The predicted molar refractivity (Wildman–Crippen MR) is 106 cm³/mol. The van der Waals surface area contributed by atoms with Gasteiger partial charge in [-0.2, -0.15) is 0 Å². The van der Waals surface area contributed by atoms with Crippen molar-refractivity contribution in [3.8, 4) is 11.4 Å². The highest BCUT2D eigenvalue weighted by atomic mass is 16.5. The Morgan fingerprint density at radius 1 is 1.00 bits per heavy atom. The van der Waals surface area contributed by atoms with Gasteiger partial charge >= 0.3 is 5.97 Å². The summed E-state index contributed by atoms with van der Waals surface area (Å²) in [5.41, 5.74) is 2.34. The van der Waals surface area contributed by atoms with Gasteiger partial charge in [0.1, 0.15) is 12.4 Å². The first kappa shape index (κ1) is 19.2. The lowest BCUT2D eigenvalue weighted by molar-refractivity contribution is -0.124. The number of carbonyl (C=O) groups excluding carboxylic acids is 2. The van der Waals surface area contributed by atoms with Crippen LogP contribution in [0.15, 0.2) is 73.1 Å². The first-order valence-corrected chi connectivity index (χ1v) is 8.98. The van der Waals surface area contributed by atoms with Crippen LogP contribution in [0.3, 0.4) is 0 Å². The Bertz CT molecular complexity index is 935. The second-order valence-corrected chi connectivity index (χ2v) is 6.23. The number of hydrogen-bond donors (Lipinski definition) is 1. The van der Waals surface area contributed by atoms with Crippen LogP contribution >= 0.6 is 0 Å². The van der Waals surface area contributed by atoms with Gasteiger partial charge in [-0.05, 0) is 55.0 Å². The van der Waals surface area contributed by atoms with Crippen LogP contribution in [-0.4, -0.2) is 36.2 Å². The van der Waals surface area contributed by atoms with Gasteiger partial charge in [-0.25, -0.2) is 4.79 Å². The molecule has 28 heavy (non-hydrogen) atoms. The summed E-state index contributed by atoms with van der Waals surface area (Å²) in [6.45, 7) is 2.31. The standard InChI is InChI=1S/C22H22N2O4/c1-17-6-4-9-20(14-17)27-13-10-23-21(25)16-28-22(26)18-7-5-8-19(15-18)24-11-2-3-12-24/h2-9,11-12,14-15H,10,13,16H2,1H3,(H,23,25). The summed E-state index contributed by atoms with van der Waals surface area (Å²) in [7, 11) is 0. The average molecular weight is 378 g/mol. The molecule has 0 aliphatic carbocycles. The molecule has 1 N–H and O–H groups in total. The van der Waals surface area contributed by atoms with E-state index in [9.17, 15) is 9.59 Å². The molecule has 6 nitrogen and oxygen atoms in total. The molecule has 2 aromatic carbocycles. The highest BCUT2D eigenvalue weighted by Gasteiger charge is 2.11. The number of aromatic nitrogens is 1. The minimum Gasteiger partial charge on any atom is -0.492 e. The van der Waals surface area contributed by atoms with Gasteiger partial charge in [0.15, 0.2) is 6.61 Å². The van der Waals surface area contributed by atoms with Crippen LogP contribution in [0.1, 0.15) is 15.9 Å². The molecule has 0 radical (unpaired) electrons. The fourth-order valence-corrected chi connectivity index (χ4v) is 2.63. The molecule has 1 amide bonds. The number of carbonyl (C=O) groups is 2. The normalized spacial score (nSPS) is 10.3. The molecule has 3 rings (SSSR count). The molecule has 0 spiro atoms. The second kappa shape index (κ2) is 9.41. The first-order chi connectivity index (χ1) is 13.6. The third kappa shape index (κ3) is 5.48. The Labute approximate surface area is 163 Å². The molecular weight excluding hydrogens is 356 g/mol. The number of nitrogens with one attached hydrogen (secondary N) is 1. The summed E-state index contributed by atoms with van der Waals surface area (Å²) < 4.78 is 12.5. The van der Waals surface area contributed by atoms with Crippen molar-refractivity contribution in [2.75, 3.05) is 19.8 Å². The van der Waals surface area contributed by atoms with E-state index >= 15 is 0 Å². The number of ether oxygens (including phenoxy) is 2. The number of hydrogen-bond acceptors (Lipinski definition) is 4. The van der Waals surface area contributed by atoms with Crippen molar-refractivity contribution < 1.29 is 19.1 Å². The lowest BCUT2D eigenvalue weighted by Crippen LogP contribution is -2.32. The number of nitrogens with zero attached hydrogens (tertiary/aromatic N) is 1. The molecular formula is C22H22N2O4. The van der Waals surface area contributed by atoms with Gasteiger partial charge in [0.05, 0.1) is 12.1 Å². The maximum absolute atomic E-state index is 12.2. The van der Waals surface area contributed by atoms with Gasteiger partial charge in [-0.3, -0.25) is 4.79 Å². The molecule has 0 aliphatic rings. The van der Waals surface area contributed by atoms with Gasteiger partial charge in [-0.1, -0.05) is 18.2 Å². The van der Waals surface area contributed by atoms with Crippen LogP contribution in [-0.2, 0) is 9.53 Å². The van der Waals surface area contributed by atoms with Gasteiger partial charge in [0.2, 0.25) is 0 Å². The van der Waals surface area contributed by atoms with Crippen LogP contribution in [0.2, 0.25) is 0 Å². The fraction of sp³-hybridized carbons (Fsp3) is 0.182. The molecule has 0 fully saturated rings. The predicted octanol–water partition coefficient (Wildman–Crippen LogP) is 3.14. The van der Waals surface area contributed by atoms with E-state index in [2.05, 4.69) is 5.32 Å². The Morgan fingerprint density at radius 2 is 1.79 bits per heavy atom. The van der Waals surface area contributed by atoms with E-state index in [1.165, 1.54) is 0 Å². The van der Waals surface area contributed by atoms with Gasteiger partial charge in [-0.15, -0.1) is 0 Å². The molecule has 0 atom stereocenters. The minimum absolute atomic E-state index is 0.327. The highest BCUT2D eigenvalue weighted by molar-refractivity contribution is 5.91. The number of aryl methyl sites for hydroxylation is 1. The molecule has 0 saturated carbocycles. The molecule has 0 bridgehead atoms. The molecule has 1 heterocycles. The van der Waals surface area contributed by atoms with E-state index < -0.39 is 5.97 Å². The summed E-state index contributed by atoms with van der Waals surface area (Å²) >= 11 is 0. The quantitative estimate of drug-likeness (QED) is 0.483. The largest absolute Gasteiger partial charge is 0.492 e. The molecule has 3 aromatic rings. The maximum Gasteiger partial charge on any atom is 0.338 e. The summed E-state index contributed by atoms with van der Waals surface area (Å²) in [5.74, 6) is -0.161. The molecule has 0 aliphatic heterocycles. The van der Waals surface area contributed by atoms with Crippen LogP contribution in [0.25, 0.3) is 5.69 Å². The molecule has 1 aromatic heterocycles. The highest BCUT2D eigenvalue weighted by Crippen LogP contribution is 2.12. The molecule has 0 unspecified atom stereocenters. The second-order valence-electron chi connectivity index (χ2n) is 6.23. The van der Waals surface area contributed by atoms with Crippen molar-refractivity contribution in [1.82, 2.24) is 9.88 Å². The molecule has 144 valence electrons. The number of esters is 1. The van der Waals surface area contributed by atoms with E-state index in [1.807, 2.05) is 66.3 Å². The van der Waals surface area contributed by atoms with Crippen molar-refractivity contribution >= 4 is 11.9 Å². The zero-order valence-corrected chi connectivity index (χ0v) is 15.6. The van der Waals surface area contributed by atoms with E-state index in [0.717, 1.165) is 17.0 Å². The van der Waals surface area contributed by atoms with Gasteiger partial charge in [0.25, 0.3) is 5.91 Å². The number of amides is 1. The van der Waals surface area contributed by atoms with E-state index in [4.69, 9.17) is 9.47 Å². The molecule has 0 saturated heterocycles. The SMILES string of the molecule is Cc1cccc(OCCNC(=O)COC(=O)c2cccc(-n3cccc3)c2)c1.